The van der Waals surface area contributed by atoms with Crippen LogP contribution in [0.3, 0.4) is 0 Å². The maximum absolute atomic E-state index is 5.70. The largest absolute Gasteiger partial charge is 0.226 e. The van der Waals surface area contributed by atoms with Crippen LogP contribution in [0, 0.1) is 0 Å². The van der Waals surface area contributed by atoms with Gasteiger partial charge in [-0.05, 0) is 35.3 Å². The maximum Gasteiger partial charge on any atom is 0.223 e. The molecule has 2 aromatic rings. The molecule has 0 saturated heterocycles. The molecule has 0 atom stereocenters. The summed E-state index contributed by atoms with van der Waals surface area (Å²) in [6.45, 7) is 0. The zero-order valence-electron chi connectivity index (χ0n) is 9.08. The second-order valence-corrected chi connectivity index (χ2v) is 5.93. The van der Waals surface area contributed by atoms with Crippen LogP contribution < -0.4 is 0 Å². The van der Waals surface area contributed by atoms with Gasteiger partial charge in [0, 0.05) is 23.9 Å². The molecule has 0 aliphatic carbocycles. The Labute approximate surface area is 123 Å². The van der Waals surface area contributed by atoms with Crippen LogP contribution in [0.15, 0.2) is 34.6 Å². The van der Waals surface area contributed by atoms with E-state index in [2.05, 4.69) is 19.9 Å². The number of hydrogen-bond acceptors (Lipinski definition) is 6. The average molecular weight is 319 g/mol. The Balaban J connectivity index is 1.76. The fourth-order valence-corrected chi connectivity index (χ4v) is 3.19. The molecule has 0 aromatic carbocycles. The van der Waals surface area contributed by atoms with E-state index in [1.54, 1.807) is 35.9 Å². The molecule has 2 heterocycles. The number of rotatable bonds is 5. The van der Waals surface area contributed by atoms with E-state index in [-0.39, 0.29) is 10.6 Å². The highest BCUT2D eigenvalue weighted by molar-refractivity contribution is 8.02. The highest BCUT2D eigenvalue weighted by atomic mass is 35.5. The second-order valence-electron chi connectivity index (χ2n) is 3.02. The zero-order chi connectivity index (χ0) is 12.8. The van der Waals surface area contributed by atoms with Crippen molar-refractivity contribution in [2.75, 3.05) is 11.5 Å². The third-order valence-electron chi connectivity index (χ3n) is 1.78. The Kier molecular flexibility index (Phi) is 5.49. The van der Waals surface area contributed by atoms with Gasteiger partial charge in [-0.1, -0.05) is 0 Å². The minimum absolute atomic E-state index is 0.273. The summed E-state index contributed by atoms with van der Waals surface area (Å²) in [5.74, 6) is 1.80. The number of hydrogen-bond donors (Lipinski definition) is 0. The van der Waals surface area contributed by atoms with Gasteiger partial charge in [-0.15, -0.1) is 23.5 Å². The van der Waals surface area contributed by atoms with Crippen molar-refractivity contribution >= 4 is 46.7 Å². The molecule has 2 rings (SSSR count). The molecule has 0 aliphatic rings. The molecule has 0 saturated carbocycles. The van der Waals surface area contributed by atoms with Crippen LogP contribution >= 0.6 is 46.7 Å². The lowest BCUT2D eigenvalue weighted by atomic mass is 10.7. The average Bonchev–Trinajstić information content (AvgIpc) is 2.35. The van der Waals surface area contributed by atoms with E-state index in [4.69, 9.17) is 23.2 Å². The molecule has 18 heavy (non-hydrogen) atoms. The normalized spacial score (nSPS) is 10.6. The van der Waals surface area contributed by atoms with E-state index in [0.717, 1.165) is 21.6 Å². The van der Waals surface area contributed by atoms with Crippen LogP contribution in [0.1, 0.15) is 0 Å². The Hall–Kier alpha value is -0.560. The molecule has 4 nitrogen and oxygen atoms in total. The lowest BCUT2D eigenvalue weighted by molar-refractivity contribution is 1.04. The highest BCUT2D eigenvalue weighted by Gasteiger charge is 2.00. The van der Waals surface area contributed by atoms with Gasteiger partial charge in [0.15, 0.2) is 0 Å². The fourth-order valence-electron chi connectivity index (χ4n) is 1.09. The molecule has 0 radical (unpaired) electrons. The van der Waals surface area contributed by atoms with E-state index in [1.807, 2.05) is 12.1 Å². The SMILES string of the molecule is Clc1nccc(SCCSc2ccnc(Cl)n2)n1. The van der Waals surface area contributed by atoms with Crippen LogP contribution in [-0.4, -0.2) is 31.4 Å². The quantitative estimate of drug-likeness (QED) is 0.364. The van der Waals surface area contributed by atoms with E-state index < -0.39 is 0 Å². The van der Waals surface area contributed by atoms with Crippen LogP contribution in [0.4, 0.5) is 0 Å². The lowest BCUT2D eigenvalue weighted by Crippen LogP contribution is -1.90. The van der Waals surface area contributed by atoms with Gasteiger partial charge >= 0.3 is 0 Å². The van der Waals surface area contributed by atoms with E-state index in [0.29, 0.717) is 0 Å². The van der Waals surface area contributed by atoms with Gasteiger partial charge in [0.1, 0.15) is 10.1 Å². The van der Waals surface area contributed by atoms with Gasteiger partial charge in [0.2, 0.25) is 10.6 Å². The zero-order valence-corrected chi connectivity index (χ0v) is 12.2. The van der Waals surface area contributed by atoms with Gasteiger partial charge in [0.05, 0.1) is 0 Å². The summed E-state index contributed by atoms with van der Waals surface area (Å²) in [5, 5.41) is 2.29. The van der Waals surface area contributed by atoms with Crippen molar-refractivity contribution in [3.05, 3.63) is 35.1 Å². The van der Waals surface area contributed by atoms with E-state index >= 15 is 0 Å². The van der Waals surface area contributed by atoms with E-state index in [9.17, 15) is 0 Å². The number of aromatic nitrogens is 4. The van der Waals surface area contributed by atoms with E-state index in [1.165, 1.54) is 0 Å². The third-order valence-corrected chi connectivity index (χ3v) is 4.27. The molecule has 0 N–H and O–H groups in total. The van der Waals surface area contributed by atoms with Crippen molar-refractivity contribution in [2.24, 2.45) is 0 Å². The highest BCUT2D eigenvalue weighted by Crippen LogP contribution is 2.21. The molecule has 94 valence electrons. The first-order chi connectivity index (χ1) is 8.74. The molecule has 0 fully saturated rings. The Morgan fingerprint density at radius 3 is 1.67 bits per heavy atom. The molecule has 8 heteroatoms. The summed E-state index contributed by atoms with van der Waals surface area (Å²) < 4.78 is 0. The third kappa shape index (κ3) is 4.61. The molecular weight excluding hydrogens is 311 g/mol. The summed E-state index contributed by atoms with van der Waals surface area (Å²) in [6.07, 6.45) is 3.30. The minimum Gasteiger partial charge on any atom is -0.226 e. The van der Waals surface area contributed by atoms with Crippen LogP contribution in [0.2, 0.25) is 10.6 Å². The number of nitrogens with zero attached hydrogens (tertiary/aromatic N) is 4. The summed E-state index contributed by atoms with van der Waals surface area (Å²) in [6, 6.07) is 3.67. The Morgan fingerprint density at radius 1 is 0.833 bits per heavy atom. The summed E-state index contributed by atoms with van der Waals surface area (Å²) in [5.41, 5.74) is 0. The van der Waals surface area contributed by atoms with Crippen molar-refractivity contribution < 1.29 is 0 Å². The molecule has 2 aromatic heterocycles. The smallest absolute Gasteiger partial charge is 0.223 e. The first-order valence-corrected chi connectivity index (χ1v) is 7.69. The van der Waals surface area contributed by atoms with Crippen LogP contribution in [0.25, 0.3) is 0 Å². The number of thioether (sulfide) groups is 2. The topological polar surface area (TPSA) is 51.6 Å². The van der Waals surface area contributed by atoms with Gasteiger partial charge in [-0.2, -0.15) is 0 Å². The van der Waals surface area contributed by atoms with Crippen molar-refractivity contribution in [3.8, 4) is 0 Å². The molecule has 0 amide bonds. The molecular formula is C10H8Cl2N4S2. The fraction of sp³-hybridized carbons (Fsp3) is 0.200. The predicted molar refractivity (Wildman–Crippen MR) is 75.5 cm³/mol. The molecule has 0 bridgehead atoms. The molecule has 0 unspecified atom stereocenters. The minimum atomic E-state index is 0.273. The van der Waals surface area contributed by atoms with Crippen molar-refractivity contribution in [1.82, 2.24) is 19.9 Å². The standard InChI is InChI=1S/C10H8Cl2N4S2/c11-9-13-3-1-7(15-9)17-5-6-18-8-2-4-14-10(12)16-8/h1-4H,5-6H2. The van der Waals surface area contributed by atoms with Crippen molar-refractivity contribution in [3.63, 3.8) is 0 Å². The Morgan fingerprint density at radius 2 is 1.28 bits per heavy atom. The summed E-state index contributed by atoms with van der Waals surface area (Å²) in [7, 11) is 0. The molecule has 0 spiro atoms. The van der Waals surface area contributed by atoms with Gasteiger partial charge in [-0.25, -0.2) is 19.9 Å². The first-order valence-electron chi connectivity index (χ1n) is 4.97. The van der Waals surface area contributed by atoms with Crippen molar-refractivity contribution in [2.45, 2.75) is 10.1 Å². The van der Waals surface area contributed by atoms with Gasteiger partial charge in [0.25, 0.3) is 0 Å². The maximum atomic E-state index is 5.70. The number of halogens is 2. The summed E-state index contributed by atoms with van der Waals surface area (Å²) >= 11 is 14.6. The second kappa shape index (κ2) is 7.13. The molecule has 0 aliphatic heterocycles. The lowest BCUT2D eigenvalue weighted by Gasteiger charge is -2.01. The first kappa shape index (κ1) is 13.9. The Bertz CT molecular complexity index is 479. The van der Waals surface area contributed by atoms with Gasteiger partial charge in [-0.3, -0.25) is 0 Å². The van der Waals surface area contributed by atoms with Crippen LogP contribution in [0.5, 0.6) is 0 Å². The predicted octanol–water partition coefficient (Wildman–Crippen LogP) is 3.46. The monoisotopic (exact) mass is 318 g/mol. The van der Waals surface area contributed by atoms with Gasteiger partial charge < -0.3 is 0 Å². The van der Waals surface area contributed by atoms with Crippen molar-refractivity contribution in [1.29, 1.82) is 0 Å². The summed E-state index contributed by atoms with van der Waals surface area (Å²) in [4.78, 5) is 15.8. The van der Waals surface area contributed by atoms with Crippen LogP contribution in [-0.2, 0) is 0 Å².